The summed E-state index contributed by atoms with van der Waals surface area (Å²) in [4.78, 5) is 14.3. The van der Waals surface area contributed by atoms with Crippen LogP contribution in [0.3, 0.4) is 0 Å². The van der Waals surface area contributed by atoms with Crippen LogP contribution in [0.25, 0.3) is 0 Å². The Morgan fingerprint density at radius 1 is 1.35 bits per heavy atom. The summed E-state index contributed by atoms with van der Waals surface area (Å²) >= 11 is 5.82. The van der Waals surface area contributed by atoms with Gasteiger partial charge in [0.05, 0.1) is 5.54 Å². The highest BCUT2D eigenvalue weighted by atomic mass is 35.5. The number of amides is 1. The third kappa shape index (κ3) is 2.61. The van der Waals surface area contributed by atoms with E-state index in [-0.39, 0.29) is 11.4 Å². The summed E-state index contributed by atoms with van der Waals surface area (Å²) in [5.41, 5.74) is 0.555. The number of carbonyl (C=O) groups is 1. The molecule has 0 bridgehead atoms. The van der Waals surface area contributed by atoms with Crippen LogP contribution in [0.15, 0.2) is 24.3 Å². The molecule has 1 fully saturated rings. The van der Waals surface area contributed by atoms with Crippen molar-refractivity contribution in [2.75, 3.05) is 19.6 Å². The number of carbonyl (C=O) groups excluding carboxylic acids is 1. The summed E-state index contributed by atoms with van der Waals surface area (Å²) in [7, 11) is 0. The third-order valence-corrected chi connectivity index (χ3v) is 3.39. The number of rotatable bonds is 1. The van der Waals surface area contributed by atoms with Gasteiger partial charge in [-0.25, -0.2) is 0 Å². The molecule has 0 radical (unpaired) electrons. The van der Waals surface area contributed by atoms with Crippen LogP contribution in [-0.2, 0) is 0 Å². The van der Waals surface area contributed by atoms with Gasteiger partial charge in [0.1, 0.15) is 0 Å². The molecule has 1 aromatic carbocycles. The van der Waals surface area contributed by atoms with Gasteiger partial charge in [-0.1, -0.05) is 11.6 Å². The van der Waals surface area contributed by atoms with E-state index in [1.807, 2.05) is 4.90 Å². The predicted molar refractivity (Wildman–Crippen MR) is 69.4 cm³/mol. The quantitative estimate of drug-likeness (QED) is 0.831. The Kier molecular flexibility index (Phi) is 3.40. The highest BCUT2D eigenvalue weighted by molar-refractivity contribution is 6.30. The smallest absolute Gasteiger partial charge is 0.254 e. The summed E-state index contributed by atoms with van der Waals surface area (Å²) in [5.74, 6) is 0.0770. The monoisotopic (exact) mass is 252 g/mol. The molecular weight excluding hydrogens is 236 g/mol. The molecule has 0 aliphatic carbocycles. The normalized spacial score (nSPS) is 19.1. The zero-order chi connectivity index (χ0) is 12.5. The number of hydrogen-bond acceptors (Lipinski definition) is 2. The van der Waals surface area contributed by atoms with E-state index in [1.165, 1.54) is 0 Å². The molecule has 0 unspecified atom stereocenters. The lowest BCUT2D eigenvalue weighted by Gasteiger charge is -2.42. The van der Waals surface area contributed by atoms with E-state index >= 15 is 0 Å². The lowest BCUT2D eigenvalue weighted by atomic mass is 9.99. The topological polar surface area (TPSA) is 32.3 Å². The van der Waals surface area contributed by atoms with Crippen molar-refractivity contribution in [2.24, 2.45) is 0 Å². The largest absolute Gasteiger partial charge is 0.331 e. The average Bonchev–Trinajstić information content (AvgIpc) is 2.28. The predicted octanol–water partition coefficient (Wildman–Crippen LogP) is 2.16. The zero-order valence-corrected chi connectivity index (χ0v) is 10.9. The molecule has 17 heavy (non-hydrogen) atoms. The van der Waals surface area contributed by atoms with Crippen LogP contribution in [0, 0.1) is 0 Å². The highest BCUT2D eigenvalue weighted by Gasteiger charge is 2.33. The number of nitrogens with zero attached hydrogens (tertiary/aromatic N) is 1. The van der Waals surface area contributed by atoms with Crippen molar-refractivity contribution in [3.8, 4) is 0 Å². The molecule has 1 aliphatic rings. The molecule has 2 rings (SSSR count). The van der Waals surface area contributed by atoms with Gasteiger partial charge < -0.3 is 10.2 Å². The molecule has 0 saturated carbocycles. The van der Waals surface area contributed by atoms with E-state index in [4.69, 9.17) is 11.6 Å². The van der Waals surface area contributed by atoms with Gasteiger partial charge in [-0.15, -0.1) is 0 Å². The molecule has 1 saturated heterocycles. The molecule has 1 aromatic rings. The first-order valence-corrected chi connectivity index (χ1v) is 6.17. The Morgan fingerprint density at radius 2 is 2.00 bits per heavy atom. The van der Waals surface area contributed by atoms with E-state index in [0.29, 0.717) is 10.6 Å². The lowest BCUT2D eigenvalue weighted by molar-refractivity contribution is 0.0477. The number of halogens is 1. The Morgan fingerprint density at radius 3 is 2.59 bits per heavy atom. The molecule has 92 valence electrons. The maximum Gasteiger partial charge on any atom is 0.254 e. The van der Waals surface area contributed by atoms with Gasteiger partial charge in [0.15, 0.2) is 0 Å². The fraction of sp³-hybridized carbons (Fsp3) is 0.462. The molecule has 1 heterocycles. The van der Waals surface area contributed by atoms with Crippen molar-refractivity contribution in [1.82, 2.24) is 10.2 Å². The summed E-state index contributed by atoms with van der Waals surface area (Å²) < 4.78 is 0. The molecule has 1 N–H and O–H groups in total. The van der Waals surface area contributed by atoms with Crippen LogP contribution in [0.5, 0.6) is 0 Å². The van der Waals surface area contributed by atoms with Crippen LogP contribution in [0.1, 0.15) is 24.2 Å². The van der Waals surface area contributed by atoms with Crippen LogP contribution >= 0.6 is 11.6 Å². The molecule has 4 heteroatoms. The van der Waals surface area contributed by atoms with E-state index in [1.54, 1.807) is 24.3 Å². The van der Waals surface area contributed by atoms with E-state index in [2.05, 4.69) is 19.2 Å². The van der Waals surface area contributed by atoms with Crippen molar-refractivity contribution >= 4 is 17.5 Å². The van der Waals surface area contributed by atoms with Crippen molar-refractivity contribution in [3.05, 3.63) is 34.9 Å². The van der Waals surface area contributed by atoms with Gasteiger partial charge >= 0.3 is 0 Å². The van der Waals surface area contributed by atoms with Gasteiger partial charge in [0.2, 0.25) is 0 Å². The minimum absolute atomic E-state index is 0.0770. The average molecular weight is 253 g/mol. The van der Waals surface area contributed by atoms with Gasteiger partial charge in [0.25, 0.3) is 5.91 Å². The summed E-state index contributed by atoms with van der Waals surface area (Å²) in [5, 5.41) is 3.96. The second-order valence-corrected chi connectivity index (χ2v) is 5.39. The highest BCUT2D eigenvalue weighted by Crippen LogP contribution is 2.20. The molecule has 0 atom stereocenters. The van der Waals surface area contributed by atoms with E-state index < -0.39 is 0 Å². The molecule has 1 aliphatic heterocycles. The van der Waals surface area contributed by atoms with Crippen molar-refractivity contribution in [1.29, 1.82) is 0 Å². The van der Waals surface area contributed by atoms with Crippen molar-refractivity contribution < 1.29 is 4.79 Å². The Bertz CT molecular complexity index is 414. The maximum atomic E-state index is 12.4. The van der Waals surface area contributed by atoms with Crippen LogP contribution in [-0.4, -0.2) is 36.0 Å². The van der Waals surface area contributed by atoms with Gasteiger partial charge in [-0.05, 0) is 38.1 Å². The first-order chi connectivity index (χ1) is 8.00. The first kappa shape index (κ1) is 12.4. The standard InChI is InChI=1S/C13H17ClN2O/c1-13(2)9-15-7-8-16(13)12(17)10-3-5-11(14)6-4-10/h3-6,15H,7-9H2,1-2H3. The number of benzene rings is 1. The maximum absolute atomic E-state index is 12.4. The molecule has 0 aromatic heterocycles. The Labute approximate surface area is 107 Å². The minimum atomic E-state index is -0.144. The Balaban J connectivity index is 2.21. The molecule has 1 amide bonds. The van der Waals surface area contributed by atoms with E-state index in [0.717, 1.165) is 19.6 Å². The fourth-order valence-electron chi connectivity index (χ4n) is 2.11. The minimum Gasteiger partial charge on any atom is -0.331 e. The second kappa shape index (κ2) is 4.67. The third-order valence-electron chi connectivity index (χ3n) is 3.14. The number of nitrogens with one attached hydrogen (secondary N) is 1. The lowest BCUT2D eigenvalue weighted by Crippen LogP contribution is -2.59. The number of hydrogen-bond donors (Lipinski definition) is 1. The van der Waals surface area contributed by atoms with Crippen LogP contribution < -0.4 is 5.32 Å². The van der Waals surface area contributed by atoms with Crippen LogP contribution in [0.2, 0.25) is 5.02 Å². The van der Waals surface area contributed by atoms with Crippen molar-refractivity contribution in [2.45, 2.75) is 19.4 Å². The summed E-state index contributed by atoms with van der Waals surface area (Å²) in [6.07, 6.45) is 0. The van der Waals surface area contributed by atoms with Gasteiger partial charge in [-0.2, -0.15) is 0 Å². The molecule has 3 nitrogen and oxygen atoms in total. The van der Waals surface area contributed by atoms with Gasteiger partial charge in [-0.3, -0.25) is 4.79 Å². The molecule has 0 spiro atoms. The summed E-state index contributed by atoms with van der Waals surface area (Å²) in [6, 6.07) is 7.07. The van der Waals surface area contributed by atoms with E-state index in [9.17, 15) is 4.79 Å². The first-order valence-electron chi connectivity index (χ1n) is 5.79. The second-order valence-electron chi connectivity index (χ2n) is 4.95. The van der Waals surface area contributed by atoms with Crippen molar-refractivity contribution in [3.63, 3.8) is 0 Å². The molecular formula is C13H17ClN2O. The Hall–Kier alpha value is -1.06. The summed E-state index contributed by atoms with van der Waals surface area (Å²) in [6.45, 7) is 6.57. The SMILES string of the molecule is CC1(C)CNCCN1C(=O)c1ccc(Cl)cc1. The fourth-order valence-corrected chi connectivity index (χ4v) is 2.23. The zero-order valence-electron chi connectivity index (χ0n) is 10.2. The van der Waals surface area contributed by atoms with Gasteiger partial charge in [0, 0.05) is 30.2 Å². The number of piperazine rings is 1. The van der Waals surface area contributed by atoms with Crippen LogP contribution in [0.4, 0.5) is 0 Å².